The topological polar surface area (TPSA) is 52.7 Å². The van der Waals surface area contributed by atoms with Gasteiger partial charge in [-0.15, -0.1) is 0 Å². The molecule has 5 nitrogen and oxygen atoms in total. The summed E-state index contributed by atoms with van der Waals surface area (Å²) in [6, 6.07) is 16.0. The third-order valence-corrected chi connectivity index (χ3v) is 7.22. The molecule has 0 unspecified atom stereocenters. The molecule has 0 bridgehead atoms. The van der Waals surface area contributed by atoms with Gasteiger partial charge in [0.15, 0.2) is 0 Å². The molecule has 1 amide bonds. The normalized spacial score (nSPS) is 18.1. The van der Waals surface area contributed by atoms with E-state index in [0.29, 0.717) is 5.41 Å². The standard InChI is InChI=1S/C16H20N2OS.C8H10ClN.CH2O/c19-15(17-8-1-2-9-17)13-4-3-5-14(10-13)20-18-11-16(12-18)6-7-16;1-10-6-7-2-4-8(9)5-3-7;1-2/h3-5,10H,1-2,6-9,11-12H2;2-5,10H,6H2,1H3;1H2. The van der Waals surface area contributed by atoms with Crippen LogP contribution in [0.2, 0.25) is 5.02 Å². The Labute approximate surface area is 200 Å². The fourth-order valence-electron chi connectivity index (χ4n) is 4.00. The molecule has 172 valence electrons. The van der Waals surface area contributed by atoms with Gasteiger partial charge in [0.05, 0.1) is 0 Å². The van der Waals surface area contributed by atoms with Crippen molar-refractivity contribution in [1.82, 2.24) is 14.5 Å². The second-order valence-corrected chi connectivity index (χ2v) is 10.2. The van der Waals surface area contributed by atoms with E-state index in [2.05, 4.69) is 21.8 Å². The average Bonchev–Trinajstić information content (AvgIpc) is 3.40. The van der Waals surface area contributed by atoms with E-state index in [1.807, 2.05) is 67.1 Å². The summed E-state index contributed by atoms with van der Waals surface area (Å²) < 4.78 is 2.42. The molecule has 7 heteroatoms. The fraction of sp³-hybridized carbons (Fsp3) is 0.440. The second kappa shape index (κ2) is 11.8. The van der Waals surface area contributed by atoms with Crippen LogP contribution in [0.5, 0.6) is 0 Å². The van der Waals surface area contributed by atoms with Crippen molar-refractivity contribution >= 4 is 36.2 Å². The second-order valence-electron chi connectivity index (χ2n) is 8.57. The Morgan fingerprint density at radius 1 is 1.09 bits per heavy atom. The number of likely N-dealkylation sites (tertiary alicyclic amines) is 1. The summed E-state index contributed by atoms with van der Waals surface area (Å²) in [5.74, 6) is 0.201. The van der Waals surface area contributed by atoms with E-state index >= 15 is 0 Å². The molecule has 2 aliphatic heterocycles. The molecule has 1 spiro atoms. The van der Waals surface area contributed by atoms with Crippen LogP contribution in [0.25, 0.3) is 0 Å². The van der Waals surface area contributed by atoms with Gasteiger partial charge in [0, 0.05) is 48.2 Å². The molecule has 0 aromatic heterocycles. The van der Waals surface area contributed by atoms with Crippen molar-refractivity contribution in [1.29, 1.82) is 0 Å². The largest absolute Gasteiger partial charge is 0.339 e. The van der Waals surface area contributed by atoms with Crippen LogP contribution in [0.1, 0.15) is 41.6 Å². The molecule has 2 aromatic rings. The van der Waals surface area contributed by atoms with Gasteiger partial charge in [-0.1, -0.05) is 29.8 Å². The molecule has 1 aliphatic carbocycles. The van der Waals surface area contributed by atoms with Crippen LogP contribution in [0.4, 0.5) is 0 Å². The van der Waals surface area contributed by atoms with Crippen LogP contribution in [0.15, 0.2) is 53.4 Å². The molecular formula is C25H32ClN3O2S. The number of carbonyl (C=O) groups excluding carboxylic acids is 2. The zero-order valence-electron chi connectivity index (χ0n) is 18.7. The Hall–Kier alpha value is -1.86. The number of rotatable bonds is 5. The number of benzene rings is 2. The zero-order valence-corrected chi connectivity index (χ0v) is 20.3. The van der Waals surface area contributed by atoms with E-state index in [9.17, 15) is 4.79 Å². The number of halogens is 1. The van der Waals surface area contributed by atoms with Gasteiger partial charge < -0.3 is 15.0 Å². The van der Waals surface area contributed by atoms with Crippen molar-refractivity contribution in [3.63, 3.8) is 0 Å². The number of nitrogens with one attached hydrogen (secondary N) is 1. The lowest BCUT2D eigenvalue weighted by molar-refractivity contribution is -0.0980. The molecule has 2 saturated heterocycles. The van der Waals surface area contributed by atoms with E-state index in [1.165, 1.54) is 36.4 Å². The summed E-state index contributed by atoms with van der Waals surface area (Å²) in [6.45, 7) is 7.19. The van der Waals surface area contributed by atoms with E-state index in [4.69, 9.17) is 16.4 Å². The van der Waals surface area contributed by atoms with Crippen molar-refractivity contribution in [2.24, 2.45) is 5.41 Å². The maximum Gasteiger partial charge on any atom is 0.253 e. The Kier molecular flexibility index (Phi) is 9.17. The van der Waals surface area contributed by atoms with Gasteiger partial charge in [0.1, 0.15) is 6.79 Å². The van der Waals surface area contributed by atoms with E-state index in [-0.39, 0.29) is 5.91 Å². The highest BCUT2D eigenvalue weighted by atomic mass is 35.5. The lowest BCUT2D eigenvalue weighted by Crippen LogP contribution is -2.43. The van der Waals surface area contributed by atoms with Gasteiger partial charge in [-0.2, -0.15) is 0 Å². The monoisotopic (exact) mass is 473 g/mol. The summed E-state index contributed by atoms with van der Waals surface area (Å²) in [6.07, 6.45) is 5.13. The van der Waals surface area contributed by atoms with E-state index < -0.39 is 0 Å². The van der Waals surface area contributed by atoms with Crippen molar-refractivity contribution in [3.8, 4) is 0 Å². The van der Waals surface area contributed by atoms with Crippen LogP contribution in [0, 0.1) is 5.41 Å². The molecule has 0 atom stereocenters. The zero-order chi connectivity index (χ0) is 23.0. The molecule has 3 aliphatic rings. The first-order chi connectivity index (χ1) is 15.6. The Morgan fingerprint density at radius 3 is 2.34 bits per heavy atom. The molecular weight excluding hydrogens is 442 g/mol. The molecule has 32 heavy (non-hydrogen) atoms. The molecule has 1 saturated carbocycles. The number of nitrogens with zero attached hydrogens (tertiary/aromatic N) is 2. The van der Waals surface area contributed by atoms with Crippen molar-refractivity contribution in [2.75, 3.05) is 33.2 Å². The van der Waals surface area contributed by atoms with Crippen molar-refractivity contribution in [3.05, 3.63) is 64.7 Å². The molecule has 1 N–H and O–H groups in total. The van der Waals surface area contributed by atoms with Gasteiger partial charge >= 0.3 is 0 Å². The van der Waals surface area contributed by atoms with Crippen molar-refractivity contribution < 1.29 is 9.59 Å². The van der Waals surface area contributed by atoms with Gasteiger partial charge in [-0.25, -0.2) is 4.31 Å². The predicted octanol–water partition coefficient (Wildman–Crippen LogP) is 4.90. The minimum atomic E-state index is 0.201. The van der Waals surface area contributed by atoms with Gasteiger partial charge in [0.2, 0.25) is 0 Å². The summed E-state index contributed by atoms with van der Waals surface area (Å²) in [7, 11) is 1.93. The Morgan fingerprint density at radius 2 is 1.75 bits per heavy atom. The number of hydrogen-bond acceptors (Lipinski definition) is 5. The lowest BCUT2D eigenvalue weighted by atomic mass is 10.0. The van der Waals surface area contributed by atoms with Crippen molar-refractivity contribution in [2.45, 2.75) is 37.1 Å². The Balaban J connectivity index is 0.000000204. The highest BCUT2D eigenvalue weighted by Gasteiger charge is 2.52. The molecule has 3 fully saturated rings. The number of carbonyl (C=O) groups is 2. The fourth-order valence-corrected chi connectivity index (χ4v) is 5.42. The Bertz CT molecular complexity index is 875. The van der Waals surface area contributed by atoms with E-state index in [0.717, 1.165) is 43.1 Å². The maximum atomic E-state index is 12.4. The summed E-state index contributed by atoms with van der Waals surface area (Å²) in [5, 5.41) is 3.85. The highest BCUT2D eigenvalue weighted by molar-refractivity contribution is 7.97. The minimum absolute atomic E-state index is 0.201. The first kappa shape index (κ1) is 24.8. The van der Waals surface area contributed by atoms with Crippen LogP contribution in [-0.2, 0) is 11.3 Å². The van der Waals surface area contributed by atoms with Crippen LogP contribution in [0.3, 0.4) is 0 Å². The predicted molar refractivity (Wildman–Crippen MR) is 132 cm³/mol. The van der Waals surface area contributed by atoms with Crippen LogP contribution >= 0.6 is 23.5 Å². The van der Waals surface area contributed by atoms with Gasteiger partial charge in [0.25, 0.3) is 5.91 Å². The van der Waals surface area contributed by atoms with Crippen LogP contribution < -0.4 is 5.32 Å². The molecule has 2 heterocycles. The average molecular weight is 474 g/mol. The van der Waals surface area contributed by atoms with Crippen LogP contribution in [-0.4, -0.2) is 55.1 Å². The quantitative estimate of drug-likeness (QED) is 0.626. The first-order valence-corrected chi connectivity index (χ1v) is 12.2. The lowest BCUT2D eigenvalue weighted by Gasteiger charge is -2.38. The first-order valence-electron chi connectivity index (χ1n) is 11.1. The molecule has 5 rings (SSSR count). The summed E-state index contributed by atoms with van der Waals surface area (Å²) >= 11 is 7.50. The minimum Gasteiger partial charge on any atom is -0.339 e. The van der Waals surface area contributed by atoms with Gasteiger partial charge in [-0.3, -0.25) is 4.79 Å². The number of amides is 1. The summed E-state index contributed by atoms with van der Waals surface area (Å²) in [5.41, 5.74) is 2.79. The maximum absolute atomic E-state index is 12.4. The third kappa shape index (κ3) is 6.82. The third-order valence-electron chi connectivity index (χ3n) is 5.98. The summed E-state index contributed by atoms with van der Waals surface area (Å²) in [4.78, 5) is 23.6. The molecule has 0 radical (unpaired) electrons. The molecule has 2 aromatic carbocycles. The van der Waals surface area contributed by atoms with E-state index in [1.54, 1.807) is 0 Å². The highest BCUT2D eigenvalue weighted by Crippen LogP contribution is 2.55. The number of hydrogen-bond donors (Lipinski definition) is 1. The SMILES string of the molecule is C=O.CNCc1ccc(Cl)cc1.O=C(c1cccc(SN2CC3(CC3)C2)c1)N1CCCC1. The smallest absolute Gasteiger partial charge is 0.253 e. The van der Waals surface area contributed by atoms with Gasteiger partial charge in [-0.05, 0) is 86.0 Å².